The molecular formula is C11H9ClN6O. The van der Waals surface area contributed by atoms with Gasteiger partial charge in [-0.05, 0) is 23.8 Å². The van der Waals surface area contributed by atoms with Gasteiger partial charge in [-0.2, -0.15) is 10.5 Å². The molecule has 7 nitrogen and oxygen atoms in total. The summed E-state index contributed by atoms with van der Waals surface area (Å²) in [5.41, 5.74) is 1.32. The van der Waals surface area contributed by atoms with Crippen molar-refractivity contribution in [2.45, 2.75) is 6.92 Å². The lowest BCUT2D eigenvalue weighted by Gasteiger charge is -2.07. The van der Waals surface area contributed by atoms with E-state index >= 15 is 0 Å². The van der Waals surface area contributed by atoms with E-state index < -0.39 is 0 Å². The zero-order chi connectivity index (χ0) is 13.8. The van der Waals surface area contributed by atoms with Gasteiger partial charge in [0.25, 0.3) is 0 Å². The number of rotatable bonds is 3. The summed E-state index contributed by atoms with van der Waals surface area (Å²) in [6.07, 6.45) is 1.39. The van der Waals surface area contributed by atoms with Crippen LogP contribution in [0, 0.1) is 18.3 Å². The Morgan fingerprint density at radius 3 is 3.00 bits per heavy atom. The number of nitrogens with one attached hydrogen (secondary N) is 2. The van der Waals surface area contributed by atoms with Gasteiger partial charge in [0.05, 0.1) is 10.7 Å². The number of allylic oxidation sites excluding steroid dienone is 1. The normalized spacial score (nSPS) is 11.1. The summed E-state index contributed by atoms with van der Waals surface area (Å²) in [6.45, 7) is 1.74. The minimum Gasteiger partial charge on any atom is -0.508 e. The van der Waals surface area contributed by atoms with E-state index in [1.807, 2.05) is 6.07 Å². The molecule has 0 radical (unpaired) electrons. The van der Waals surface area contributed by atoms with Crippen LogP contribution in [-0.2, 0) is 0 Å². The fraction of sp³-hybridized carbons (Fsp3) is 0.0909. The zero-order valence-electron chi connectivity index (χ0n) is 9.85. The number of phenolic OH excluding ortho intramolecular Hbond substituents is 1. The first-order valence-corrected chi connectivity index (χ1v) is 5.59. The minimum absolute atomic E-state index is 0.110. The monoisotopic (exact) mass is 276 g/mol. The molecule has 0 spiro atoms. The molecule has 2 aromatic rings. The van der Waals surface area contributed by atoms with Gasteiger partial charge in [0.2, 0.25) is 5.82 Å². The molecule has 0 saturated carbocycles. The van der Waals surface area contributed by atoms with Crippen LogP contribution in [0.4, 0.5) is 5.69 Å². The molecule has 8 heteroatoms. The Morgan fingerprint density at radius 1 is 1.58 bits per heavy atom. The highest BCUT2D eigenvalue weighted by atomic mass is 35.5. The highest BCUT2D eigenvalue weighted by Crippen LogP contribution is 2.29. The molecule has 0 aliphatic heterocycles. The average molecular weight is 277 g/mol. The smallest absolute Gasteiger partial charge is 0.216 e. The Labute approximate surface area is 113 Å². The van der Waals surface area contributed by atoms with Gasteiger partial charge in [-0.3, -0.25) is 0 Å². The number of nitrogens with zero attached hydrogens (tertiary/aromatic N) is 4. The van der Waals surface area contributed by atoms with E-state index in [2.05, 4.69) is 25.9 Å². The Balaban J connectivity index is 2.27. The van der Waals surface area contributed by atoms with Crippen LogP contribution < -0.4 is 5.32 Å². The van der Waals surface area contributed by atoms with Crippen molar-refractivity contribution in [3.63, 3.8) is 0 Å². The molecule has 0 amide bonds. The summed E-state index contributed by atoms with van der Waals surface area (Å²) in [6, 6.07) is 5.02. The van der Waals surface area contributed by atoms with Crippen molar-refractivity contribution >= 4 is 22.9 Å². The molecule has 1 aromatic carbocycles. The minimum atomic E-state index is 0.110. The molecule has 0 bridgehead atoms. The van der Waals surface area contributed by atoms with Gasteiger partial charge in [0, 0.05) is 12.3 Å². The summed E-state index contributed by atoms with van der Waals surface area (Å²) in [4.78, 5) is 0. The molecule has 1 aromatic heterocycles. The van der Waals surface area contributed by atoms with Crippen molar-refractivity contribution in [3.8, 4) is 11.8 Å². The second kappa shape index (κ2) is 5.37. The highest BCUT2D eigenvalue weighted by Gasteiger charge is 2.07. The van der Waals surface area contributed by atoms with Crippen LogP contribution in [-0.4, -0.2) is 25.7 Å². The van der Waals surface area contributed by atoms with E-state index in [4.69, 9.17) is 16.9 Å². The topological polar surface area (TPSA) is 111 Å². The Bertz CT molecular complexity index is 659. The highest BCUT2D eigenvalue weighted by molar-refractivity contribution is 6.33. The summed E-state index contributed by atoms with van der Waals surface area (Å²) in [7, 11) is 0. The van der Waals surface area contributed by atoms with Gasteiger partial charge in [-0.15, -0.1) is 10.2 Å². The molecular weight excluding hydrogens is 268 g/mol. The van der Waals surface area contributed by atoms with Crippen LogP contribution in [0.25, 0.3) is 5.57 Å². The number of benzene rings is 1. The predicted octanol–water partition coefficient (Wildman–Crippen LogP) is 1.84. The Hall–Kier alpha value is -2.59. The van der Waals surface area contributed by atoms with Crippen LogP contribution in [0.1, 0.15) is 11.4 Å². The number of H-pyrrole nitrogens is 1. The molecule has 1 heterocycles. The lowest BCUT2D eigenvalue weighted by Crippen LogP contribution is -1.94. The van der Waals surface area contributed by atoms with Crippen LogP contribution in [0.2, 0.25) is 5.02 Å². The molecule has 0 aliphatic rings. The van der Waals surface area contributed by atoms with Gasteiger partial charge in [0.1, 0.15) is 17.4 Å². The molecule has 3 N–H and O–H groups in total. The maximum Gasteiger partial charge on any atom is 0.216 e. The zero-order valence-corrected chi connectivity index (χ0v) is 10.6. The number of aromatic hydroxyl groups is 1. The van der Waals surface area contributed by atoms with Gasteiger partial charge in [-0.1, -0.05) is 11.6 Å². The van der Waals surface area contributed by atoms with E-state index in [-0.39, 0.29) is 17.1 Å². The van der Waals surface area contributed by atoms with E-state index in [1.165, 1.54) is 12.3 Å². The lowest BCUT2D eigenvalue weighted by molar-refractivity contribution is 0.471. The Morgan fingerprint density at radius 2 is 2.37 bits per heavy atom. The third-order valence-corrected chi connectivity index (χ3v) is 2.68. The van der Waals surface area contributed by atoms with Crippen LogP contribution in [0.3, 0.4) is 0 Å². The number of hydrogen-bond acceptors (Lipinski definition) is 6. The Kier molecular flexibility index (Phi) is 3.63. The van der Waals surface area contributed by atoms with E-state index in [0.717, 1.165) is 0 Å². The van der Waals surface area contributed by atoms with Crippen LogP contribution in [0.5, 0.6) is 5.75 Å². The number of aromatic amines is 1. The van der Waals surface area contributed by atoms with Gasteiger partial charge < -0.3 is 10.4 Å². The largest absolute Gasteiger partial charge is 0.508 e. The number of aromatic nitrogens is 4. The number of anilines is 1. The summed E-state index contributed by atoms with van der Waals surface area (Å²) in [5, 5.41) is 34.8. The van der Waals surface area contributed by atoms with Crippen molar-refractivity contribution in [2.24, 2.45) is 0 Å². The van der Waals surface area contributed by atoms with E-state index in [9.17, 15) is 5.11 Å². The molecule has 2 rings (SSSR count). The molecule has 0 atom stereocenters. The molecule has 19 heavy (non-hydrogen) atoms. The predicted molar refractivity (Wildman–Crippen MR) is 69.2 cm³/mol. The molecule has 0 aliphatic carbocycles. The SMILES string of the molecule is Cc1cc(Cl)c(NC=C(C#N)c2nn[nH]n2)cc1O. The number of hydrogen-bond donors (Lipinski definition) is 3. The molecule has 96 valence electrons. The van der Waals surface area contributed by atoms with E-state index in [0.29, 0.717) is 16.3 Å². The third kappa shape index (κ3) is 2.81. The average Bonchev–Trinajstić information content (AvgIpc) is 2.90. The summed E-state index contributed by atoms with van der Waals surface area (Å²) in [5.74, 6) is 0.279. The first kappa shape index (κ1) is 12.9. The first-order chi connectivity index (χ1) is 9.11. The second-order valence-electron chi connectivity index (χ2n) is 3.67. The van der Waals surface area contributed by atoms with Gasteiger partial charge in [-0.25, -0.2) is 0 Å². The van der Waals surface area contributed by atoms with Crippen LogP contribution in [0.15, 0.2) is 18.3 Å². The number of aryl methyl sites for hydroxylation is 1. The number of tetrazole rings is 1. The quantitative estimate of drug-likeness (QED) is 0.738. The van der Waals surface area contributed by atoms with Crippen molar-refractivity contribution < 1.29 is 5.11 Å². The van der Waals surface area contributed by atoms with Crippen molar-refractivity contribution in [1.29, 1.82) is 5.26 Å². The second-order valence-corrected chi connectivity index (χ2v) is 4.08. The lowest BCUT2D eigenvalue weighted by atomic mass is 10.2. The van der Waals surface area contributed by atoms with Crippen molar-refractivity contribution in [2.75, 3.05) is 5.32 Å². The molecule has 0 fully saturated rings. The maximum absolute atomic E-state index is 9.61. The maximum atomic E-state index is 9.61. The van der Waals surface area contributed by atoms with E-state index in [1.54, 1.807) is 13.0 Å². The fourth-order valence-electron chi connectivity index (χ4n) is 1.34. The summed E-state index contributed by atoms with van der Waals surface area (Å²) >= 11 is 6.02. The first-order valence-electron chi connectivity index (χ1n) is 5.21. The van der Waals surface area contributed by atoms with Gasteiger partial charge >= 0.3 is 0 Å². The third-order valence-electron chi connectivity index (χ3n) is 2.36. The van der Waals surface area contributed by atoms with Gasteiger partial charge in [0.15, 0.2) is 0 Å². The molecule has 0 unspecified atom stereocenters. The van der Waals surface area contributed by atoms with Crippen LogP contribution >= 0.6 is 11.6 Å². The fourth-order valence-corrected chi connectivity index (χ4v) is 1.62. The summed E-state index contributed by atoms with van der Waals surface area (Å²) < 4.78 is 0. The van der Waals surface area contributed by atoms with Crippen molar-refractivity contribution in [1.82, 2.24) is 20.6 Å². The standard InChI is InChI=1S/C11H9ClN6O/c1-6-2-8(12)9(3-10(6)19)14-5-7(4-13)11-15-17-18-16-11/h2-3,5,14,19H,1H3,(H,15,16,17,18). The number of nitriles is 1. The molecule has 0 saturated heterocycles. The number of phenols is 1. The van der Waals surface area contributed by atoms with Crippen molar-refractivity contribution in [3.05, 3.63) is 34.7 Å². The number of halogens is 1.